The number of thiophene rings is 2. The van der Waals surface area contributed by atoms with Crippen LogP contribution in [0, 0.1) is 0 Å². The minimum atomic E-state index is -0.232. The van der Waals surface area contributed by atoms with Crippen LogP contribution in [0.3, 0.4) is 0 Å². The van der Waals surface area contributed by atoms with Gasteiger partial charge in [0.1, 0.15) is 0 Å². The lowest BCUT2D eigenvalue weighted by Gasteiger charge is -2.25. The number of nitrogens with zero attached hydrogens (tertiary/aromatic N) is 1. The number of hydrogen-bond donors (Lipinski definition) is 0. The molecule has 2 aliphatic rings. The summed E-state index contributed by atoms with van der Waals surface area (Å²) in [6.07, 6.45) is 0. The fourth-order valence-electron chi connectivity index (χ4n) is 4.89. The third-order valence-electron chi connectivity index (χ3n) is 6.80. The summed E-state index contributed by atoms with van der Waals surface area (Å²) in [6.45, 7) is 2.62. The number of anilines is 3. The molecule has 2 saturated heterocycles. The molecular formula is C30H25B2NO4S2. The second-order valence-corrected chi connectivity index (χ2v) is 11.5. The summed E-state index contributed by atoms with van der Waals surface area (Å²) in [5.41, 5.74) is 5.68. The maximum absolute atomic E-state index is 5.67. The summed E-state index contributed by atoms with van der Waals surface area (Å²) in [6, 6.07) is 36.5. The number of benzene rings is 3. The van der Waals surface area contributed by atoms with Crippen molar-refractivity contribution in [1.29, 1.82) is 0 Å². The van der Waals surface area contributed by atoms with E-state index in [1.165, 1.54) is 20.9 Å². The van der Waals surface area contributed by atoms with E-state index >= 15 is 0 Å². The number of rotatable bonds is 7. The van der Waals surface area contributed by atoms with Crippen LogP contribution in [0.4, 0.5) is 17.1 Å². The Hall–Kier alpha value is -3.17. The summed E-state index contributed by atoms with van der Waals surface area (Å²) in [7, 11) is -0.464. The fourth-order valence-corrected chi connectivity index (χ4v) is 6.91. The van der Waals surface area contributed by atoms with Gasteiger partial charge in [-0.25, -0.2) is 0 Å². The maximum atomic E-state index is 5.67. The minimum absolute atomic E-state index is 0.232. The molecule has 4 heterocycles. The first-order valence-corrected chi connectivity index (χ1v) is 14.7. The number of hydrogen-bond acceptors (Lipinski definition) is 7. The molecule has 0 saturated carbocycles. The van der Waals surface area contributed by atoms with Crippen molar-refractivity contribution < 1.29 is 18.6 Å². The van der Waals surface area contributed by atoms with Crippen LogP contribution in [-0.4, -0.2) is 40.7 Å². The third-order valence-corrected chi connectivity index (χ3v) is 9.11. The molecule has 192 valence electrons. The predicted molar refractivity (Wildman–Crippen MR) is 162 cm³/mol. The van der Waals surface area contributed by atoms with Gasteiger partial charge in [0, 0.05) is 36.4 Å². The highest BCUT2D eigenvalue weighted by atomic mass is 32.1. The SMILES string of the molecule is c1ccc(N(c2ccc(-c3ccc(B4OCCO4)s3)cc2)c2ccc(-c3ccc(B4OCCO4)s3)cc2)cc1. The van der Waals surface area contributed by atoms with Crippen molar-refractivity contribution in [3.8, 4) is 20.9 Å². The molecule has 0 aliphatic carbocycles. The topological polar surface area (TPSA) is 40.2 Å². The first kappa shape index (κ1) is 24.8. The van der Waals surface area contributed by atoms with E-state index in [1.807, 2.05) is 6.07 Å². The van der Waals surface area contributed by atoms with Crippen molar-refractivity contribution >= 4 is 63.5 Å². The molecule has 5 aromatic rings. The number of para-hydroxylation sites is 1. The van der Waals surface area contributed by atoms with Gasteiger partial charge in [-0.1, -0.05) is 54.6 Å². The molecule has 2 aliphatic heterocycles. The van der Waals surface area contributed by atoms with E-state index in [1.54, 1.807) is 22.7 Å². The van der Waals surface area contributed by atoms with Crippen LogP contribution in [0.25, 0.3) is 20.9 Å². The Morgan fingerprint density at radius 1 is 0.462 bits per heavy atom. The van der Waals surface area contributed by atoms with Crippen LogP contribution in [0.2, 0.25) is 0 Å². The lowest BCUT2D eigenvalue weighted by molar-refractivity contribution is 0.365. The molecule has 0 unspecified atom stereocenters. The summed E-state index contributed by atoms with van der Waals surface area (Å²) in [4.78, 5) is 4.69. The van der Waals surface area contributed by atoms with Crippen LogP contribution in [0.15, 0.2) is 103 Å². The van der Waals surface area contributed by atoms with Crippen LogP contribution >= 0.6 is 22.7 Å². The maximum Gasteiger partial charge on any atom is 0.504 e. The van der Waals surface area contributed by atoms with E-state index in [4.69, 9.17) is 18.6 Å². The van der Waals surface area contributed by atoms with Crippen molar-refractivity contribution in [3.63, 3.8) is 0 Å². The Morgan fingerprint density at radius 2 is 0.872 bits per heavy atom. The zero-order chi connectivity index (χ0) is 26.0. The highest BCUT2D eigenvalue weighted by Gasteiger charge is 2.29. The molecule has 2 fully saturated rings. The van der Waals surface area contributed by atoms with Crippen LogP contribution in [-0.2, 0) is 18.6 Å². The van der Waals surface area contributed by atoms with E-state index in [2.05, 4.69) is 102 Å². The van der Waals surface area contributed by atoms with Crippen LogP contribution in [0.1, 0.15) is 0 Å². The average molecular weight is 549 g/mol. The molecule has 0 radical (unpaired) electrons. The summed E-state index contributed by atoms with van der Waals surface area (Å²) in [5, 5.41) is 0. The normalized spacial score (nSPS) is 15.3. The summed E-state index contributed by atoms with van der Waals surface area (Å²) < 4.78 is 24.9. The second-order valence-electron chi connectivity index (χ2n) is 9.32. The molecule has 3 aromatic carbocycles. The molecule has 0 atom stereocenters. The smallest absolute Gasteiger partial charge is 0.404 e. The second kappa shape index (κ2) is 11.1. The van der Waals surface area contributed by atoms with Crippen LogP contribution in [0.5, 0.6) is 0 Å². The molecule has 0 spiro atoms. The lowest BCUT2D eigenvalue weighted by Crippen LogP contribution is -2.28. The monoisotopic (exact) mass is 549 g/mol. The van der Waals surface area contributed by atoms with E-state index in [0.717, 1.165) is 26.6 Å². The van der Waals surface area contributed by atoms with E-state index in [-0.39, 0.29) is 14.2 Å². The van der Waals surface area contributed by atoms with E-state index < -0.39 is 0 Å². The molecule has 0 bridgehead atoms. The Bertz CT molecular complexity index is 1430. The Morgan fingerprint density at radius 3 is 1.31 bits per heavy atom. The molecular weight excluding hydrogens is 524 g/mol. The predicted octanol–water partition coefficient (Wildman–Crippen LogP) is 6.10. The van der Waals surface area contributed by atoms with Gasteiger partial charge in [-0.3, -0.25) is 0 Å². The summed E-state index contributed by atoms with van der Waals surface area (Å²) in [5.74, 6) is 0. The van der Waals surface area contributed by atoms with Crippen molar-refractivity contribution in [2.45, 2.75) is 0 Å². The van der Waals surface area contributed by atoms with Gasteiger partial charge in [-0.15, -0.1) is 22.7 Å². The molecule has 7 rings (SSSR count). The van der Waals surface area contributed by atoms with Crippen molar-refractivity contribution in [2.75, 3.05) is 31.3 Å². The van der Waals surface area contributed by atoms with E-state index in [0.29, 0.717) is 26.4 Å². The molecule has 0 amide bonds. The highest BCUT2D eigenvalue weighted by molar-refractivity contribution is 7.25. The minimum Gasteiger partial charge on any atom is -0.404 e. The zero-order valence-corrected chi connectivity index (χ0v) is 22.8. The Kier molecular flexibility index (Phi) is 7.09. The molecule has 0 N–H and O–H groups in total. The van der Waals surface area contributed by atoms with Gasteiger partial charge < -0.3 is 23.5 Å². The standard InChI is InChI=1S/C30H25B2NO4S2/c1-2-4-24(5-3-1)33(25-10-6-22(7-11-25)27-14-16-29(38-27)31-34-18-19-35-31)26-12-8-23(9-13-26)28-15-17-30(39-28)32-36-20-21-37-32/h1-17H,18-21H2. The molecule has 9 heteroatoms. The molecule has 5 nitrogen and oxygen atoms in total. The van der Waals surface area contributed by atoms with Crippen molar-refractivity contribution in [1.82, 2.24) is 0 Å². The van der Waals surface area contributed by atoms with Gasteiger partial charge >= 0.3 is 14.2 Å². The van der Waals surface area contributed by atoms with Gasteiger partial charge in [0.05, 0.1) is 26.4 Å². The van der Waals surface area contributed by atoms with Crippen molar-refractivity contribution in [3.05, 3.63) is 103 Å². The molecule has 2 aromatic heterocycles. The molecule has 39 heavy (non-hydrogen) atoms. The zero-order valence-electron chi connectivity index (χ0n) is 21.2. The first-order valence-electron chi connectivity index (χ1n) is 13.0. The Balaban J connectivity index is 1.16. The van der Waals surface area contributed by atoms with Gasteiger partial charge in [-0.05, 0) is 59.7 Å². The quantitative estimate of drug-likeness (QED) is 0.230. The fraction of sp³-hybridized carbons (Fsp3) is 0.133. The van der Waals surface area contributed by atoms with Crippen LogP contribution < -0.4 is 14.5 Å². The van der Waals surface area contributed by atoms with Gasteiger partial charge in [0.15, 0.2) is 0 Å². The van der Waals surface area contributed by atoms with Crippen molar-refractivity contribution in [2.24, 2.45) is 0 Å². The average Bonchev–Trinajstić information content (AvgIpc) is 3.82. The van der Waals surface area contributed by atoms with E-state index in [9.17, 15) is 0 Å². The summed E-state index contributed by atoms with van der Waals surface area (Å²) >= 11 is 3.44. The third kappa shape index (κ3) is 5.22. The first-order chi connectivity index (χ1) is 19.3. The van der Waals surface area contributed by atoms with Gasteiger partial charge in [-0.2, -0.15) is 0 Å². The van der Waals surface area contributed by atoms with Gasteiger partial charge in [0.25, 0.3) is 0 Å². The largest absolute Gasteiger partial charge is 0.504 e. The lowest BCUT2D eigenvalue weighted by atomic mass is 9.88. The van der Waals surface area contributed by atoms with Gasteiger partial charge in [0.2, 0.25) is 0 Å². The Labute approximate surface area is 236 Å². The highest BCUT2D eigenvalue weighted by Crippen LogP contribution is 2.37.